The second-order valence-electron chi connectivity index (χ2n) is 4.11. The summed E-state index contributed by atoms with van der Waals surface area (Å²) in [6, 6.07) is 10.4. The molecule has 96 valence electrons. The first kappa shape index (κ1) is 12.5. The van der Waals surface area contributed by atoms with E-state index in [2.05, 4.69) is 0 Å². The average molecular weight is 248 g/mol. The third-order valence-electron chi connectivity index (χ3n) is 2.69. The van der Waals surface area contributed by atoms with Gasteiger partial charge in [0.1, 0.15) is 18.1 Å². The number of para-hydroxylation sites is 2. The Morgan fingerprint density at radius 2 is 2.00 bits per heavy atom. The van der Waals surface area contributed by atoms with Crippen molar-refractivity contribution in [2.24, 2.45) is 0 Å². The number of phenols is 1. The van der Waals surface area contributed by atoms with Crippen molar-refractivity contribution in [2.75, 3.05) is 13.2 Å². The van der Waals surface area contributed by atoms with Crippen LogP contribution < -0.4 is 4.74 Å². The van der Waals surface area contributed by atoms with Crippen LogP contribution in [0.25, 0.3) is 0 Å². The first-order valence-electron chi connectivity index (χ1n) is 5.78. The average Bonchev–Trinajstić information content (AvgIpc) is 2.79. The van der Waals surface area contributed by atoms with Crippen LogP contribution in [-0.4, -0.2) is 23.4 Å². The van der Waals surface area contributed by atoms with E-state index in [0.29, 0.717) is 11.5 Å². The molecule has 1 unspecified atom stereocenters. The summed E-state index contributed by atoms with van der Waals surface area (Å²) < 4.78 is 10.9. The molecule has 2 aromatic rings. The van der Waals surface area contributed by atoms with Gasteiger partial charge in [0.15, 0.2) is 11.5 Å². The Balaban J connectivity index is 2.02. The van der Waals surface area contributed by atoms with Crippen molar-refractivity contribution in [3.05, 3.63) is 47.9 Å². The van der Waals surface area contributed by atoms with Gasteiger partial charge in [-0.25, -0.2) is 0 Å². The van der Waals surface area contributed by atoms with Crippen LogP contribution in [-0.2, 0) is 0 Å². The molecule has 4 heteroatoms. The van der Waals surface area contributed by atoms with E-state index >= 15 is 0 Å². The Kier molecular flexibility index (Phi) is 3.89. The number of ether oxygens (including phenoxy) is 1. The van der Waals surface area contributed by atoms with E-state index < -0.39 is 0 Å². The van der Waals surface area contributed by atoms with E-state index in [1.54, 1.807) is 24.3 Å². The maximum atomic E-state index is 9.56. The molecule has 2 rings (SSSR count). The van der Waals surface area contributed by atoms with Gasteiger partial charge in [0.25, 0.3) is 0 Å². The lowest BCUT2D eigenvalue weighted by Crippen LogP contribution is -2.13. The van der Waals surface area contributed by atoms with Crippen molar-refractivity contribution >= 4 is 0 Å². The summed E-state index contributed by atoms with van der Waals surface area (Å²) in [6.45, 7) is 2.03. The monoisotopic (exact) mass is 248 g/mol. The van der Waals surface area contributed by atoms with E-state index in [-0.39, 0.29) is 24.9 Å². The first-order chi connectivity index (χ1) is 8.70. The molecule has 1 atom stereocenters. The molecule has 18 heavy (non-hydrogen) atoms. The topological polar surface area (TPSA) is 62.8 Å². The molecule has 0 radical (unpaired) electrons. The molecule has 0 saturated carbocycles. The Morgan fingerprint density at radius 3 is 2.61 bits per heavy atom. The van der Waals surface area contributed by atoms with Gasteiger partial charge in [-0.1, -0.05) is 12.1 Å². The van der Waals surface area contributed by atoms with Gasteiger partial charge >= 0.3 is 0 Å². The zero-order valence-corrected chi connectivity index (χ0v) is 10.2. The van der Waals surface area contributed by atoms with Crippen molar-refractivity contribution in [1.82, 2.24) is 0 Å². The molecule has 1 heterocycles. The molecule has 1 aromatic carbocycles. The van der Waals surface area contributed by atoms with E-state index in [0.717, 1.165) is 5.76 Å². The fraction of sp³-hybridized carbons (Fsp3) is 0.286. The summed E-state index contributed by atoms with van der Waals surface area (Å²) in [6.07, 6.45) is 0. The molecule has 0 spiro atoms. The largest absolute Gasteiger partial charge is 0.504 e. The van der Waals surface area contributed by atoms with Crippen molar-refractivity contribution in [1.29, 1.82) is 0 Å². The Hall–Kier alpha value is -1.94. The number of aliphatic hydroxyl groups excluding tert-OH is 1. The number of phenolic OH excluding ortho intramolecular Hbond substituents is 1. The van der Waals surface area contributed by atoms with E-state index in [1.165, 1.54) is 0 Å². The minimum Gasteiger partial charge on any atom is -0.504 e. The minimum absolute atomic E-state index is 0.0689. The van der Waals surface area contributed by atoms with Crippen LogP contribution in [0.3, 0.4) is 0 Å². The smallest absolute Gasteiger partial charge is 0.160 e. The molecule has 2 N–H and O–H groups in total. The van der Waals surface area contributed by atoms with Gasteiger partial charge in [0.05, 0.1) is 12.5 Å². The molecule has 0 bridgehead atoms. The summed E-state index contributed by atoms with van der Waals surface area (Å²) in [5, 5.41) is 18.9. The molecular formula is C14H16O4. The van der Waals surface area contributed by atoms with Crippen LogP contribution in [0.5, 0.6) is 11.5 Å². The molecule has 0 amide bonds. The van der Waals surface area contributed by atoms with Gasteiger partial charge in [-0.05, 0) is 31.2 Å². The second-order valence-corrected chi connectivity index (χ2v) is 4.11. The number of furan rings is 1. The predicted molar refractivity (Wildman–Crippen MR) is 66.9 cm³/mol. The normalized spacial score (nSPS) is 12.3. The van der Waals surface area contributed by atoms with Crippen LogP contribution in [0.4, 0.5) is 0 Å². The van der Waals surface area contributed by atoms with Crippen molar-refractivity contribution in [2.45, 2.75) is 12.8 Å². The SMILES string of the molecule is Cc1ccc(C(CO)COc2ccccc2O)o1. The molecule has 1 aromatic heterocycles. The molecule has 0 aliphatic carbocycles. The van der Waals surface area contributed by atoms with Crippen LogP contribution >= 0.6 is 0 Å². The second kappa shape index (κ2) is 5.60. The van der Waals surface area contributed by atoms with Gasteiger partial charge in [-0.2, -0.15) is 0 Å². The maximum absolute atomic E-state index is 9.56. The molecule has 0 aliphatic heterocycles. The number of hydrogen-bond acceptors (Lipinski definition) is 4. The summed E-state index contributed by atoms with van der Waals surface area (Å²) in [5.41, 5.74) is 0. The van der Waals surface area contributed by atoms with Gasteiger partial charge in [-0.15, -0.1) is 0 Å². The molecule has 0 fully saturated rings. The van der Waals surface area contributed by atoms with Crippen LogP contribution in [0.15, 0.2) is 40.8 Å². The third-order valence-corrected chi connectivity index (χ3v) is 2.69. The van der Waals surface area contributed by atoms with Crippen LogP contribution in [0.1, 0.15) is 17.4 Å². The van der Waals surface area contributed by atoms with Gasteiger partial charge in [0.2, 0.25) is 0 Å². The third kappa shape index (κ3) is 2.84. The number of hydrogen-bond donors (Lipinski definition) is 2. The zero-order valence-electron chi connectivity index (χ0n) is 10.2. The summed E-state index contributed by atoms with van der Waals surface area (Å²) in [7, 11) is 0. The summed E-state index contributed by atoms with van der Waals surface area (Å²) in [4.78, 5) is 0. The number of aromatic hydroxyl groups is 1. The Labute approximate surface area is 105 Å². The fourth-order valence-corrected chi connectivity index (χ4v) is 1.67. The van der Waals surface area contributed by atoms with E-state index in [9.17, 15) is 10.2 Å². The van der Waals surface area contributed by atoms with E-state index in [1.807, 2.05) is 19.1 Å². The highest BCUT2D eigenvalue weighted by atomic mass is 16.5. The lowest BCUT2D eigenvalue weighted by Gasteiger charge is -2.13. The Morgan fingerprint density at radius 1 is 1.22 bits per heavy atom. The highest BCUT2D eigenvalue weighted by Gasteiger charge is 2.16. The first-order valence-corrected chi connectivity index (χ1v) is 5.78. The number of benzene rings is 1. The van der Waals surface area contributed by atoms with Crippen LogP contribution in [0, 0.1) is 6.92 Å². The van der Waals surface area contributed by atoms with E-state index in [4.69, 9.17) is 9.15 Å². The lowest BCUT2D eigenvalue weighted by molar-refractivity contribution is 0.186. The highest BCUT2D eigenvalue weighted by Crippen LogP contribution is 2.26. The molecule has 4 nitrogen and oxygen atoms in total. The predicted octanol–water partition coefficient (Wildman–Crippen LogP) is 2.45. The zero-order chi connectivity index (χ0) is 13.0. The van der Waals surface area contributed by atoms with Crippen molar-refractivity contribution < 1.29 is 19.4 Å². The summed E-state index contributed by atoms with van der Waals surface area (Å²) >= 11 is 0. The summed E-state index contributed by atoms with van der Waals surface area (Å²) in [5.74, 6) is 1.73. The van der Waals surface area contributed by atoms with Crippen LogP contribution in [0.2, 0.25) is 0 Å². The molecular weight excluding hydrogens is 232 g/mol. The van der Waals surface area contributed by atoms with Gasteiger partial charge in [0, 0.05) is 0 Å². The maximum Gasteiger partial charge on any atom is 0.160 e. The molecule has 0 aliphatic rings. The Bertz CT molecular complexity index is 504. The molecule has 0 saturated heterocycles. The highest BCUT2D eigenvalue weighted by molar-refractivity contribution is 5.37. The number of aliphatic hydroxyl groups is 1. The number of rotatable bonds is 5. The van der Waals surface area contributed by atoms with Crippen molar-refractivity contribution in [3.8, 4) is 11.5 Å². The van der Waals surface area contributed by atoms with Gasteiger partial charge in [-0.3, -0.25) is 0 Å². The fourth-order valence-electron chi connectivity index (χ4n) is 1.67. The van der Waals surface area contributed by atoms with Crippen molar-refractivity contribution in [3.63, 3.8) is 0 Å². The minimum atomic E-state index is -0.238. The number of aryl methyl sites for hydroxylation is 1. The lowest BCUT2D eigenvalue weighted by atomic mass is 10.1. The standard InChI is InChI=1S/C14H16O4/c1-10-6-7-13(18-10)11(8-15)9-17-14-5-3-2-4-12(14)16/h2-7,11,15-16H,8-9H2,1H3. The quantitative estimate of drug-likeness (QED) is 0.853. The van der Waals surface area contributed by atoms with Gasteiger partial charge < -0.3 is 19.4 Å².